The van der Waals surface area contributed by atoms with Crippen molar-refractivity contribution in [2.45, 2.75) is 51.7 Å². The molecule has 0 saturated heterocycles. The number of amides is 1. The summed E-state index contributed by atoms with van der Waals surface area (Å²) < 4.78 is 5.25. The lowest BCUT2D eigenvalue weighted by atomic mass is 10.0. The lowest BCUT2D eigenvalue weighted by molar-refractivity contribution is -0.137. The van der Waals surface area contributed by atoms with E-state index in [1.165, 1.54) is 0 Å². The number of benzene rings is 1. The zero-order valence-corrected chi connectivity index (χ0v) is 12.8. The summed E-state index contributed by atoms with van der Waals surface area (Å²) >= 11 is 0. The van der Waals surface area contributed by atoms with E-state index in [1.807, 2.05) is 30.3 Å². The number of hydrogen-bond acceptors (Lipinski definition) is 3. The van der Waals surface area contributed by atoms with Gasteiger partial charge in [0.15, 0.2) is 0 Å². The molecule has 1 unspecified atom stereocenters. The van der Waals surface area contributed by atoms with E-state index in [4.69, 9.17) is 9.84 Å². The summed E-state index contributed by atoms with van der Waals surface area (Å²) in [5.41, 5.74) is 0.376. The first-order valence-corrected chi connectivity index (χ1v) is 7.04. The second kappa shape index (κ2) is 7.67. The minimum Gasteiger partial charge on any atom is -0.481 e. The van der Waals surface area contributed by atoms with E-state index in [-0.39, 0.29) is 12.5 Å². The van der Waals surface area contributed by atoms with Gasteiger partial charge in [0.05, 0.1) is 6.04 Å². The number of hydrogen-bond donors (Lipinski definition) is 2. The van der Waals surface area contributed by atoms with E-state index in [1.54, 1.807) is 20.8 Å². The molecule has 1 atom stereocenters. The molecule has 0 spiro atoms. The SMILES string of the molecule is CC(C)(C)OC(=O)NC(CCCC(=O)O)c1ccccc1. The molecule has 0 aliphatic heterocycles. The first-order valence-electron chi connectivity index (χ1n) is 7.04. The van der Waals surface area contributed by atoms with Gasteiger partial charge < -0.3 is 15.2 Å². The highest BCUT2D eigenvalue weighted by Gasteiger charge is 2.20. The first kappa shape index (κ1) is 17.0. The molecule has 0 fully saturated rings. The molecule has 5 nitrogen and oxygen atoms in total. The molecule has 116 valence electrons. The van der Waals surface area contributed by atoms with E-state index in [0.29, 0.717) is 12.8 Å². The third-order valence-electron chi connectivity index (χ3n) is 2.78. The van der Waals surface area contributed by atoms with Crippen LogP contribution in [0.25, 0.3) is 0 Å². The van der Waals surface area contributed by atoms with Gasteiger partial charge in [0.1, 0.15) is 5.60 Å². The van der Waals surface area contributed by atoms with Crippen LogP contribution in [0.4, 0.5) is 4.79 Å². The van der Waals surface area contributed by atoms with Gasteiger partial charge in [0.25, 0.3) is 0 Å². The van der Waals surface area contributed by atoms with Crippen molar-refractivity contribution < 1.29 is 19.4 Å². The largest absolute Gasteiger partial charge is 0.481 e. The Balaban J connectivity index is 2.68. The van der Waals surface area contributed by atoms with Gasteiger partial charge in [0.2, 0.25) is 0 Å². The lowest BCUT2D eigenvalue weighted by Gasteiger charge is -2.24. The maximum atomic E-state index is 11.9. The average Bonchev–Trinajstić information content (AvgIpc) is 2.36. The summed E-state index contributed by atoms with van der Waals surface area (Å²) in [6.45, 7) is 5.40. The number of alkyl carbamates (subject to hydrolysis) is 1. The summed E-state index contributed by atoms with van der Waals surface area (Å²) in [5, 5.41) is 11.5. The fraction of sp³-hybridized carbons (Fsp3) is 0.500. The second-order valence-electron chi connectivity index (χ2n) is 5.90. The topological polar surface area (TPSA) is 75.6 Å². The third kappa shape index (κ3) is 7.34. The Morgan fingerprint density at radius 1 is 1.24 bits per heavy atom. The minimum absolute atomic E-state index is 0.0827. The number of rotatable bonds is 6. The van der Waals surface area contributed by atoms with E-state index in [9.17, 15) is 9.59 Å². The van der Waals surface area contributed by atoms with Crippen LogP contribution in [0.15, 0.2) is 30.3 Å². The van der Waals surface area contributed by atoms with Crippen molar-refractivity contribution in [2.75, 3.05) is 0 Å². The zero-order valence-electron chi connectivity index (χ0n) is 12.8. The molecule has 21 heavy (non-hydrogen) atoms. The molecule has 1 amide bonds. The molecule has 0 aliphatic carbocycles. The van der Waals surface area contributed by atoms with Gasteiger partial charge in [-0.15, -0.1) is 0 Å². The highest BCUT2D eigenvalue weighted by molar-refractivity contribution is 5.68. The molecule has 1 aromatic rings. The third-order valence-corrected chi connectivity index (χ3v) is 2.78. The van der Waals surface area contributed by atoms with Crippen LogP contribution < -0.4 is 5.32 Å². The van der Waals surface area contributed by atoms with E-state index >= 15 is 0 Å². The first-order chi connectivity index (χ1) is 9.78. The van der Waals surface area contributed by atoms with Crippen molar-refractivity contribution in [2.24, 2.45) is 0 Å². The molecule has 0 saturated carbocycles. The summed E-state index contributed by atoms with van der Waals surface area (Å²) in [6.07, 6.45) is 0.631. The minimum atomic E-state index is -0.834. The van der Waals surface area contributed by atoms with Gasteiger partial charge in [-0.1, -0.05) is 30.3 Å². The van der Waals surface area contributed by atoms with Gasteiger partial charge in [0, 0.05) is 6.42 Å². The Labute approximate surface area is 125 Å². The van der Waals surface area contributed by atoms with Crippen LogP contribution in [-0.4, -0.2) is 22.8 Å². The van der Waals surface area contributed by atoms with Gasteiger partial charge in [-0.25, -0.2) is 4.79 Å². The van der Waals surface area contributed by atoms with Crippen molar-refractivity contribution in [1.29, 1.82) is 0 Å². The lowest BCUT2D eigenvalue weighted by Crippen LogP contribution is -2.35. The maximum absolute atomic E-state index is 11.9. The Kier molecular flexibility index (Phi) is 6.21. The molecular formula is C16H23NO4. The van der Waals surface area contributed by atoms with Crippen molar-refractivity contribution in [3.8, 4) is 0 Å². The Morgan fingerprint density at radius 2 is 1.86 bits per heavy atom. The Morgan fingerprint density at radius 3 is 2.38 bits per heavy atom. The molecule has 0 heterocycles. The summed E-state index contributed by atoms with van der Waals surface area (Å²) in [4.78, 5) is 22.5. The molecule has 5 heteroatoms. The highest BCUT2D eigenvalue weighted by atomic mass is 16.6. The van der Waals surface area contributed by atoms with Gasteiger partial charge >= 0.3 is 12.1 Å². The molecule has 0 bridgehead atoms. The fourth-order valence-electron chi connectivity index (χ4n) is 1.91. The van der Waals surface area contributed by atoms with Crippen LogP contribution in [0.2, 0.25) is 0 Å². The van der Waals surface area contributed by atoms with E-state index in [2.05, 4.69) is 5.32 Å². The van der Waals surface area contributed by atoms with Gasteiger partial charge in [-0.2, -0.15) is 0 Å². The number of carboxylic acid groups (broad SMARTS) is 1. The predicted octanol–water partition coefficient (Wildman–Crippen LogP) is 3.51. The standard InChI is InChI=1S/C16H23NO4/c1-16(2,3)21-15(20)17-13(10-7-11-14(18)19)12-8-5-4-6-9-12/h4-6,8-9,13H,7,10-11H2,1-3H3,(H,17,20)(H,18,19). The maximum Gasteiger partial charge on any atom is 0.408 e. The average molecular weight is 293 g/mol. The summed E-state index contributed by atoms with van der Waals surface area (Å²) in [7, 11) is 0. The van der Waals surface area contributed by atoms with Crippen LogP contribution in [0.5, 0.6) is 0 Å². The molecule has 0 aliphatic rings. The van der Waals surface area contributed by atoms with Gasteiger partial charge in [-0.3, -0.25) is 4.79 Å². The van der Waals surface area contributed by atoms with Crippen LogP contribution in [0, 0.1) is 0 Å². The van der Waals surface area contributed by atoms with Crippen LogP contribution in [0.3, 0.4) is 0 Å². The number of carbonyl (C=O) groups excluding carboxylic acids is 1. The number of carbonyl (C=O) groups is 2. The highest BCUT2D eigenvalue weighted by Crippen LogP contribution is 2.20. The number of aliphatic carboxylic acids is 1. The monoisotopic (exact) mass is 293 g/mol. The number of ether oxygens (including phenoxy) is 1. The Hall–Kier alpha value is -2.04. The van der Waals surface area contributed by atoms with Crippen LogP contribution in [0.1, 0.15) is 51.6 Å². The van der Waals surface area contributed by atoms with Crippen molar-refractivity contribution in [1.82, 2.24) is 5.32 Å². The number of carboxylic acids is 1. The molecule has 0 aromatic heterocycles. The zero-order chi connectivity index (χ0) is 15.9. The molecule has 2 N–H and O–H groups in total. The van der Waals surface area contributed by atoms with Gasteiger partial charge in [-0.05, 0) is 39.2 Å². The van der Waals surface area contributed by atoms with Crippen LogP contribution in [-0.2, 0) is 9.53 Å². The molecule has 1 rings (SSSR count). The normalized spacial score (nSPS) is 12.5. The molecule has 1 aromatic carbocycles. The van der Waals surface area contributed by atoms with E-state index < -0.39 is 17.7 Å². The molecular weight excluding hydrogens is 270 g/mol. The Bertz CT molecular complexity index is 465. The fourth-order valence-corrected chi connectivity index (χ4v) is 1.91. The van der Waals surface area contributed by atoms with Crippen molar-refractivity contribution in [3.63, 3.8) is 0 Å². The summed E-state index contributed by atoms with van der Waals surface area (Å²) in [6, 6.07) is 9.23. The molecule has 0 radical (unpaired) electrons. The quantitative estimate of drug-likeness (QED) is 0.841. The van der Waals surface area contributed by atoms with Crippen molar-refractivity contribution >= 4 is 12.1 Å². The smallest absolute Gasteiger partial charge is 0.408 e. The van der Waals surface area contributed by atoms with Crippen LogP contribution >= 0.6 is 0 Å². The van der Waals surface area contributed by atoms with E-state index in [0.717, 1.165) is 5.56 Å². The summed E-state index contributed by atoms with van der Waals surface area (Å²) in [5.74, 6) is -0.834. The number of nitrogens with one attached hydrogen (secondary N) is 1. The second-order valence-corrected chi connectivity index (χ2v) is 5.90. The predicted molar refractivity (Wildman–Crippen MR) is 80.0 cm³/mol. The van der Waals surface area contributed by atoms with Crippen molar-refractivity contribution in [3.05, 3.63) is 35.9 Å².